The van der Waals surface area contributed by atoms with Gasteiger partial charge in [-0.1, -0.05) is 73.3 Å². The molecule has 0 fully saturated rings. The molecule has 0 radical (unpaired) electrons. The summed E-state index contributed by atoms with van der Waals surface area (Å²) >= 11 is 4.38. The normalized spacial score (nSPS) is 11.3. The number of rotatable bonds is 8. The lowest BCUT2D eigenvalue weighted by molar-refractivity contribution is -0.136. The molecule has 0 bridgehead atoms. The zero-order valence-electron chi connectivity index (χ0n) is 16.5. The van der Waals surface area contributed by atoms with Crippen molar-refractivity contribution in [1.29, 1.82) is 0 Å². The Balaban J connectivity index is 1.84. The number of benzene rings is 3. The van der Waals surface area contributed by atoms with Crippen LogP contribution in [-0.4, -0.2) is 23.8 Å². The topological polar surface area (TPSA) is 70.9 Å². The van der Waals surface area contributed by atoms with Gasteiger partial charge in [0, 0.05) is 0 Å². The third-order valence-electron chi connectivity index (χ3n) is 4.46. The molecule has 5 nitrogen and oxygen atoms in total. The molecule has 3 aromatic rings. The smallest absolute Gasteiger partial charge is 0.281 e. The van der Waals surface area contributed by atoms with E-state index in [1.165, 1.54) is 6.21 Å². The molecule has 3 aromatic carbocycles. The van der Waals surface area contributed by atoms with Gasteiger partial charge in [-0.2, -0.15) is 5.10 Å². The van der Waals surface area contributed by atoms with Crippen molar-refractivity contribution in [3.8, 4) is 5.75 Å². The fraction of sp³-hybridized carbons (Fsp3) is 0.0833. The van der Waals surface area contributed by atoms with E-state index in [1.54, 1.807) is 54.6 Å². The Morgan fingerprint density at radius 3 is 2.03 bits per heavy atom. The van der Waals surface area contributed by atoms with E-state index in [2.05, 4.69) is 62.3 Å². The maximum absolute atomic E-state index is 13.1. The van der Waals surface area contributed by atoms with Gasteiger partial charge in [0.05, 0.1) is 13.4 Å². The van der Waals surface area contributed by atoms with Gasteiger partial charge in [-0.25, -0.2) is 5.43 Å². The lowest BCUT2D eigenvalue weighted by atomic mass is 9.85. The summed E-state index contributed by atoms with van der Waals surface area (Å²) in [4.78, 5) is 13.1. The molecular formula is C24H20I2N2O3. The molecule has 0 heterocycles. The second kappa shape index (κ2) is 10.9. The van der Waals surface area contributed by atoms with Crippen LogP contribution in [0, 0.1) is 7.14 Å². The van der Waals surface area contributed by atoms with Crippen molar-refractivity contribution in [2.45, 2.75) is 5.60 Å². The van der Waals surface area contributed by atoms with Crippen molar-refractivity contribution in [2.24, 2.45) is 5.10 Å². The van der Waals surface area contributed by atoms with E-state index in [9.17, 15) is 9.90 Å². The first kappa shape index (κ1) is 23.4. The first-order valence-corrected chi connectivity index (χ1v) is 11.5. The second-order valence-electron chi connectivity index (χ2n) is 6.55. The van der Waals surface area contributed by atoms with Crippen LogP contribution in [0.5, 0.6) is 5.75 Å². The number of aliphatic hydroxyl groups is 1. The van der Waals surface area contributed by atoms with Crippen molar-refractivity contribution in [3.05, 3.63) is 109 Å². The highest BCUT2D eigenvalue weighted by Crippen LogP contribution is 2.30. The number of carbonyl (C=O) groups is 1. The van der Waals surface area contributed by atoms with E-state index in [1.807, 2.05) is 24.3 Å². The largest absolute Gasteiger partial charge is 0.487 e. The van der Waals surface area contributed by atoms with Gasteiger partial charge >= 0.3 is 0 Å². The molecule has 1 amide bonds. The molecule has 2 N–H and O–H groups in total. The zero-order valence-corrected chi connectivity index (χ0v) is 20.8. The van der Waals surface area contributed by atoms with Crippen molar-refractivity contribution >= 4 is 57.3 Å². The average Bonchev–Trinajstić information content (AvgIpc) is 2.79. The van der Waals surface area contributed by atoms with Gasteiger partial charge in [0.25, 0.3) is 5.91 Å². The highest BCUT2D eigenvalue weighted by molar-refractivity contribution is 14.1. The molecule has 0 aliphatic carbocycles. The number of halogens is 2. The second-order valence-corrected chi connectivity index (χ2v) is 8.88. The Kier molecular flexibility index (Phi) is 8.22. The van der Waals surface area contributed by atoms with Crippen LogP contribution in [0.4, 0.5) is 0 Å². The fourth-order valence-corrected chi connectivity index (χ4v) is 5.10. The van der Waals surface area contributed by atoms with Gasteiger partial charge in [-0.3, -0.25) is 4.79 Å². The van der Waals surface area contributed by atoms with E-state index in [-0.39, 0.29) is 0 Å². The van der Waals surface area contributed by atoms with Crippen LogP contribution >= 0.6 is 45.2 Å². The minimum absolute atomic E-state index is 0.424. The molecule has 0 aliphatic heterocycles. The Morgan fingerprint density at radius 1 is 1.03 bits per heavy atom. The quantitative estimate of drug-likeness (QED) is 0.161. The number of nitrogens with one attached hydrogen (secondary N) is 1. The number of nitrogens with zero attached hydrogens (tertiary/aromatic N) is 1. The van der Waals surface area contributed by atoms with Crippen LogP contribution in [0.1, 0.15) is 16.7 Å². The van der Waals surface area contributed by atoms with Gasteiger partial charge < -0.3 is 9.84 Å². The Labute approximate surface area is 208 Å². The minimum atomic E-state index is -1.87. The lowest BCUT2D eigenvalue weighted by Gasteiger charge is -2.27. The first-order chi connectivity index (χ1) is 15.0. The fourth-order valence-electron chi connectivity index (χ4n) is 2.97. The highest BCUT2D eigenvalue weighted by atomic mass is 127. The molecule has 158 valence electrons. The minimum Gasteiger partial charge on any atom is -0.487 e. The number of ether oxygens (including phenoxy) is 1. The van der Waals surface area contributed by atoms with Crippen molar-refractivity contribution in [3.63, 3.8) is 0 Å². The molecule has 7 heteroatoms. The standard InChI is InChI=1S/C24H20I2N2O3/c1-2-13-31-22-20(25)14-17(15-21(22)26)16-27-28-23(29)24(30,18-9-5-3-6-10-18)19-11-7-4-8-12-19/h2-12,14-16,30H,1,13H2,(H,28,29)/b27-16-. The number of amides is 1. The van der Waals surface area contributed by atoms with Crippen molar-refractivity contribution < 1.29 is 14.6 Å². The van der Waals surface area contributed by atoms with Crippen LogP contribution in [0.2, 0.25) is 0 Å². The van der Waals surface area contributed by atoms with Gasteiger partial charge in [-0.15, -0.1) is 0 Å². The molecule has 0 saturated heterocycles. The van der Waals surface area contributed by atoms with Gasteiger partial charge in [0.1, 0.15) is 12.4 Å². The van der Waals surface area contributed by atoms with Crippen LogP contribution in [0.25, 0.3) is 0 Å². The summed E-state index contributed by atoms with van der Waals surface area (Å²) in [5, 5.41) is 15.5. The molecule has 3 rings (SSSR count). The summed E-state index contributed by atoms with van der Waals surface area (Å²) in [6, 6.07) is 21.4. The van der Waals surface area contributed by atoms with E-state index in [0.29, 0.717) is 17.7 Å². The monoisotopic (exact) mass is 638 g/mol. The van der Waals surface area contributed by atoms with Crippen LogP contribution in [0.3, 0.4) is 0 Å². The molecule has 0 atom stereocenters. The molecule has 0 spiro atoms. The SMILES string of the molecule is C=CCOc1c(I)cc(/C=N\NC(=O)C(O)(c2ccccc2)c2ccccc2)cc1I. The summed E-state index contributed by atoms with van der Waals surface area (Å²) in [6.45, 7) is 4.09. The Bertz CT molecular complexity index is 1020. The number of hydrazone groups is 1. The average molecular weight is 638 g/mol. The van der Waals surface area contributed by atoms with Crippen LogP contribution in [-0.2, 0) is 10.4 Å². The van der Waals surface area contributed by atoms with Crippen LogP contribution in [0.15, 0.2) is 90.6 Å². The molecular weight excluding hydrogens is 618 g/mol. The molecule has 0 unspecified atom stereocenters. The third kappa shape index (κ3) is 5.52. The summed E-state index contributed by atoms with van der Waals surface area (Å²) in [5.41, 5.74) is 2.33. The van der Waals surface area contributed by atoms with E-state index < -0.39 is 11.5 Å². The molecule has 0 aliphatic rings. The van der Waals surface area contributed by atoms with E-state index in [4.69, 9.17) is 4.74 Å². The summed E-state index contributed by atoms with van der Waals surface area (Å²) in [6.07, 6.45) is 3.23. The maximum atomic E-state index is 13.1. The number of hydrogen-bond donors (Lipinski definition) is 2. The zero-order chi connectivity index (χ0) is 22.3. The maximum Gasteiger partial charge on any atom is 0.281 e. The molecule has 31 heavy (non-hydrogen) atoms. The summed E-state index contributed by atoms with van der Waals surface area (Å²) in [5.74, 6) is 0.140. The van der Waals surface area contributed by atoms with Gasteiger partial charge in [-0.05, 0) is 74.0 Å². The third-order valence-corrected chi connectivity index (χ3v) is 6.06. The summed E-state index contributed by atoms with van der Waals surface area (Å²) in [7, 11) is 0. The van der Waals surface area contributed by atoms with Crippen molar-refractivity contribution in [2.75, 3.05) is 6.61 Å². The Morgan fingerprint density at radius 2 is 1.55 bits per heavy atom. The number of hydrogen-bond acceptors (Lipinski definition) is 4. The van der Waals surface area contributed by atoms with Gasteiger partial charge in [0.15, 0.2) is 5.60 Å². The predicted molar refractivity (Wildman–Crippen MR) is 139 cm³/mol. The van der Waals surface area contributed by atoms with E-state index >= 15 is 0 Å². The lowest BCUT2D eigenvalue weighted by Crippen LogP contribution is -2.43. The molecule has 0 aromatic heterocycles. The number of carbonyl (C=O) groups excluding carboxylic acids is 1. The van der Waals surface area contributed by atoms with Gasteiger partial charge in [0.2, 0.25) is 0 Å². The molecule has 0 saturated carbocycles. The van der Waals surface area contributed by atoms with Crippen LogP contribution < -0.4 is 10.2 Å². The first-order valence-electron chi connectivity index (χ1n) is 9.36. The van der Waals surface area contributed by atoms with Crippen molar-refractivity contribution in [1.82, 2.24) is 5.43 Å². The predicted octanol–water partition coefficient (Wildman–Crippen LogP) is 4.85. The van der Waals surface area contributed by atoms with E-state index in [0.717, 1.165) is 18.5 Å². The highest BCUT2D eigenvalue weighted by Gasteiger charge is 2.39. The summed E-state index contributed by atoms with van der Waals surface area (Å²) < 4.78 is 7.52. The Hall–Kier alpha value is -2.24.